The predicted octanol–water partition coefficient (Wildman–Crippen LogP) is 6.81. The first-order valence-corrected chi connectivity index (χ1v) is 23.2. The minimum Gasteiger partial charge on any atom is -0.464 e. The molecule has 2 fully saturated rings. The van der Waals surface area contributed by atoms with Crippen LogP contribution in [0, 0.1) is 17.3 Å². The maximum absolute atomic E-state index is 17.9. The summed E-state index contributed by atoms with van der Waals surface area (Å²) < 4.78 is 49.2. The summed E-state index contributed by atoms with van der Waals surface area (Å²) in [5.41, 5.74) is 4.68. The normalized spacial score (nSPS) is 21.6. The number of methoxy groups -OCH3 is 1. The molecule has 0 radical (unpaired) electrons. The second-order valence-electron chi connectivity index (χ2n) is 19.0. The van der Waals surface area contributed by atoms with Gasteiger partial charge in [0, 0.05) is 69.4 Å². The average molecular weight is 924 g/mol. The molecule has 14 nitrogen and oxygen atoms in total. The highest BCUT2D eigenvalue weighted by molar-refractivity contribution is 5.97. The molecule has 0 aliphatic carbocycles. The highest BCUT2D eigenvalue weighted by Gasteiger charge is 2.53. The van der Waals surface area contributed by atoms with Crippen LogP contribution >= 0.6 is 0 Å². The van der Waals surface area contributed by atoms with Crippen molar-refractivity contribution in [2.75, 3.05) is 40.4 Å². The number of rotatable bonds is 10. The number of alkyl halides is 2. The number of nitrogens with one attached hydrogen (secondary N) is 2. The fourth-order valence-electron chi connectivity index (χ4n) is 9.81. The SMILES string of the molecule is C=CC(=O)N1CC[C@H](C(=O)N(C)[C@H](C(=O)N[C@H]2Cc3cccc(c3)-c3ccc4c(c3)c(c(-c3cccnc3[C@H](C)OC)n4CC)C(F)(F)C(C)(C)COC(=O)[C@@H]3CCCN(N3)C2=O)C(C)C)C1. The molecule has 67 heavy (non-hydrogen) atoms. The van der Waals surface area contributed by atoms with Gasteiger partial charge in [-0.3, -0.25) is 34.0 Å². The molecule has 0 saturated carbocycles. The third-order valence-electron chi connectivity index (χ3n) is 13.7. The molecule has 5 heterocycles. The van der Waals surface area contributed by atoms with Gasteiger partial charge >= 0.3 is 5.97 Å². The minimum absolute atomic E-state index is 0.0208. The number of benzene rings is 2. The summed E-state index contributed by atoms with van der Waals surface area (Å²) in [4.78, 5) is 76.8. The van der Waals surface area contributed by atoms with Crippen LogP contribution in [0.5, 0.6) is 0 Å². The van der Waals surface area contributed by atoms with E-state index in [1.165, 1.54) is 29.8 Å². The van der Waals surface area contributed by atoms with Crippen LogP contribution in [-0.2, 0) is 52.3 Å². The molecule has 5 atom stereocenters. The van der Waals surface area contributed by atoms with E-state index in [1.54, 1.807) is 43.5 Å². The van der Waals surface area contributed by atoms with Crippen LogP contribution in [0.4, 0.5) is 8.78 Å². The van der Waals surface area contributed by atoms with Crippen LogP contribution in [0.1, 0.15) is 83.7 Å². The van der Waals surface area contributed by atoms with Gasteiger partial charge in [0.25, 0.3) is 11.8 Å². The quantitative estimate of drug-likeness (QED) is 0.129. The van der Waals surface area contributed by atoms with Crippen molar-refractivity contribution >= 4 is 40.5 Å². The molecular formula is C51H63F2N7O7. The molecule has 6 bridgehead atoms. The van der Waals surface area contributed by atoms with Crippen LogP contribution in [-0.4, -0.2) is 112 Å². The van der Waals surface area contributed by atoms with Gasteiger partial charge in [-0.1, -0.05) is 64.6 Å². The van der Waals surface area contributed by atoms with E-state index in [-0.39, 0.29) is 54.9 Å². The molecule has 16 heteroatoms. The van der Waals surface area contributed by atoms with E-state index in [2.05, 4.69) is 22.3 Å². The number of aryl methyl sites for hydroxylation is 1. The van der Waals surface area contributed by atoms with Gasteiger partial charge in [0.15, 0.2) is 0 Å². The Kier molecular flexibility index (Phi) is 14.4. The van der Waals surface area contributed by atoms with Crippen molar-refractivity contribution in [3.05, 3.63) is 90.3 Å². The maximum atomic E-state index is 17.9. The van der Waals surface area contributed by atoms with E-state index < -0.39 is 65.9 Å². The summed E-state index contributed by atoms with van der Waals surface area (Å²) in [5.74, 6) is -6.86. The molecule has 358 valence electrons. The van der Waals surface area contributed by atoms with Gasteiger partial charge in [-0.25, -0.2) is 14.2 Å². The fraction of sp³-hybridized carbons (Fsp3) is 0.490. The van der Waals surface area contributed by atoms with E-state index in [1.807, 2.05) is 68.7 Å². The van der Waals surface area contributed by atoms with E-state index in [4.69, 9.17) is 9.47 Å². The number of halogens is 2. The van der Waals surface area contributed by atoms with Crippen molar-refractivity contribution in [3.63, 3.8) is 0 Å². The van der Waals surface area contributed by atoms with Gasteiger partial charge in [-0.05, 0) is 86.1 Å². The lowest BCUT2D eigenvalue weighted by Gasteiger charge is -2.38. The Hall–Kier alpha value is -6.00. The molecule has 3 aliphatic heterocycles. The molecule has 3 aliphatic rings. The summed E-state index contributed by atoms with van der Waals surface area (Å²) in [6.07, 6.45) is 3.43. The van der Waals surface area contributed by atoms with Crippen LogP contribution in [0.25, 0.3) is 33.3 Å². The van der Waals surface area contributed by atoms with Gasteiger partial charge in [0.05, 0.1) is 34.4 Å². The number of fused-ring (bicyclic) bond motifs is 6. The number of amides is 4. The second-order valence-corrected chi connectivity index (χ2v) is 19.0. The summed E-state index contributed by atoms with van der Waals surface area (Å²) in [6.45, 7) is 14.2. The number of ether oxygens (including phenoxy) is 2. The zero-order valence-electron chi connectivity index (χ0n) is 39.7. The number of likely N-dealkylation sites (N-methyl/N-ethyl adjacent to an activating group) is 1. The van der Waals surface area contributed by atoms with Crippen LogP contribution in [0.2, 0.25) is 0 Å². The first kappa shape index (κ1) is 48.9. The number of nitrogens with zero attached hydrogens (tertiary/aromatic N) is 5. The molecule has 0 unspecified atom stereocenters. The summed E-state index contributed by atoms with van der Waals surface area (Å²) >= 11 is 0. The van der Waals surface area contributed by atoms with Crippen molar-refractivity contribution in [1.82, 2.24) is 35.1 Å². The predicted molar refractivity (Wildman–Crippen MR) is 250 cm³/mol. The fourth-order valence-corrected chi connectivity index (χ4v) is 9.81. The molecule has 7 rings (SSSR count). The highest BCUT2D eigenvalue weighted by Crippen LogP contribution is 2.53. The van der Waals surface area contributed by atoms with Crippen molar-refractivity contribution < 1.29 is 42.2 Å². The molecule has 2 saturated heterocycles. The van der Waals surface area contributed by atoms with E-state index in [0.29, 0.717) is 64.8 Å². The van der Waals surface area contributed by atoms with Gasteiger partial charge < -0.3 is 29.2 Å². The van der Waals surface area contributed by atoms with Crippen LogP contribution in [0.15, 0.2) is 73.4 Å². The Balaban J connectivity index is 1.33. The van der Waals surface area contributed by atoms with Crippen LogP contribution < -0.4 is 10.7 Å². The third kappa shape index (κ3) is 9.47. The molecule has 2 aromatic heterocycles. The highest BCUT2D eigenvalue weighted by atomic mass is 19.3. The number of hydrazine groups is 1. The number of carbonyl (C=O) groups excluding carboxylic acids is 5. The molecule has 2 N–H and O–H groups in total. The number of esters is 1. The number of hydrogen-bond acceptors (Lipinski definition) is 9. The Labute approximate surface area is 391 Å². The second kappa shape index (κ2) is 19.7. The van der Waals surface area contributed by atoms with Crippen molar-refractivity contribution in [1.29, 1.82) is 0 Å². The topological polar surface area (TPSA) is 155 Å². The lowest BCUT2D eigenvalue weighted by Crippen LogP contribution is -2.62. The van der Waals surface area contributed by atoms with Crippen molar-refractivity contribution in [3.8, 4) is 22.4 Å². The standard InChI is InChI=1S/C51H63F2N7O7/c1-10-41(61)58-24-21-35(28-58)47(63)57(8)44(30(3)4)46(62)55-39-26-32-15-12-16-33(25-32)34-19-20-40-37(27-34)42(45(59(40)11-2)36-17-13-22-54-43(36)31(5)66-9)51(52,53)50(6,7)29-67-49(65)38-18-14-23-60(56-38)48(39)64/h10,12-13,15-17,19-20,22,25,27,30-31,35,38-39,44,56H,1,11,14,18,21,23-24,26,28-29H2,2-9H3,(H,55,62)/t31-,35-,38-,39-,44-/m0/s1. The molecular weight excluding hydrogens is 861 g/mol. The summed E-state index contributed by atoms with van der Waals surface area (Å²) in [5, 5.41) is 4.59. The Morgan fingerprint density at radius 2 is 1.81 bits per heavy atom. The Bertz CT molecular complexity index is 2560. The van der Waals surface area contributed by atoms with Gasteiger partial charge in [0.2, 0.25) is 17.7 Å². The lowest BCUT2D eigenvalue weighted by molar-refractivity contribution is -0.170. The smallest absolute Gasteiger partial charge is 0.324 e. The van der Waals surface area contributed by atoms with Gasteiger partial charge in [-0.15, -0.1) is 0 Å². The number of carbonyl (C=O) groups is 5. The minimum atomic E-state index is -3.58. The number of pyridine rings is 1. The first-order chi connectivity index (χ1) is 31.8. The van der Waals surface area contributed by atoms with E-state index in [0.717, 1.165) is 0 Å². The molecule has 0 spiro atoms. The largest absolute Gasteiger partial charge is 0.464 e. The Morgan fingerprint density at radius 3 is 2.51 bits per heavy atom. The number of aromatic nitrogens is 2. The average Bonchev–Trinajstić information content (AvgIpc) is 3.95. The number of likely N-dealkylation sites (tertiary alicyclic amines) is 1. The zero-order chi connectivity index (χ0) is 48.5. The van der Waals surface area contributed by atoms with Crippen molar-refractivity contribution in [2.24, 2.45) is 17.3 Å². The van der Waals surface area contributed by atoms with Crippen molar-refractivity contribution in [2.45, 2.75) is 104 Å². The zero-order valence-corrected chi connectivity index (χ0v) is 39.7. The summed E-state index contributed by atoms with van der Waals surface area (Å²) in [6, 6.07) is 13.2. The third-order valence-corrected chi connectivity index (χ3v) is 13.7. The summed E-state index contributed by atoms with van der Waals surface area (Å²) in [7, 11) is 3.11. The molecule has 4 amide bonds. The maximum Gasteiger partial charge on any atom is 0.324 e. The number of hydrogen-bond donors (Lipinski definition) is 2. The molecule has 4 aromatic rings. The number of cyclic esters (lactones) is 1. The monoisotopic (exact) mass is 923 g/mol. The first-order valence-electron chi connectivity index (χ1n) is 23.2. The van der Waals surface area contributed by atoms with Gasteiger partial charge in [0.1, 0.15) is 24.7 Å². The van der Waals surface area contributed by atoms with E-state index in [9.17, 15) is 24.0 Å². The van der Waals surface area contributed by atoms with Gasteiger partial charge in [-0.2, -0.15) is 0 Å². The molecule has 2 aromatic carbocycles. The Morgan fingerprint density at radius 1 is 1.06 bits per heavy atom. The van der Waals surface area contributed by atoms with E-state index >= 15 is 8.78 Å². The van der Waals surface area contributed by atoms with Crippen LogP contribution in [0.3, 0.4) is 0 Å². The lowest BCUT2D eigenvalue weighted by atomic mass is 9.80.